The molecule has 0 saturated heterocycles. The molecule has 0 amide bonds. The zero-order valence-electron chi connectivity index (χ0n) is 11.7. The lowest BCUT2D eigenvalue weighted by atomic mass is 9.97. The summed E-state index contributed by atoms with van der Waals surface area (Å²) in [7, 11) is 0. The molecule has 0 aliphatic carbocycles. The van der Waals surface area contributed by atoms with E-state index in [4.69, 9.17) is 0 Å². The summed E-state index contributed by atoms with van der Waals surface area (Å²) in [5.74, 6) is 0. The van der Waals surface area contributed by atoms with E-state index in [1.807, 2.05) is 39.8 Å². The van der Waals surface area contributed by atoms with Crippen LogP contribution in [-0.4, -0.2) is 0 Å². The van der Waals surface area contributed by atoms with Crippen molar-refractivity contribution in [3.63, 3.8) is 0 Å². The monoisotopic (exact) mass is 218 g/mol. The molecule has 1 rings (SSSR count). The molecule has 0 nitrogen and oxygen atoms in total. The number of hydrogen-bond donors (Lipinski definition) is 0. The topological polar surface area (TPSA) is 0 Å². The highest BCUT2D eigenvalue weighted by Crippen LogP contribution is 2.20. The summed E-state index contributed by atoms with van der Waals surface area (Å²) in [6, 6.07) is 4.22. The fourth-order valence-corrected chi connectivity index (χ4v) is 1.40. The summed E-state index contributed by atoms with van der Waals surface area (Å²) in [6.07, 6.45) is 3.78. The Kier molecular flexibility index (Phi) is 10.9. The second kappa shape index (κ2) is 10.2. The highest BCUT2D eigenvalue weighted by molar-refractivity contribution is 5.68. The van der Waals surface area contributed by atoms with Crippen molar-refractivity contribution in [3.05, 3.63) is 47.5 Å². The van der Waals surface area contributed by atoms with E-state index in [1.165, 1.54) is 22.3 Å². The molecule has 1 aromatic rings. The summed E-state index contributed by atoms with van der Waals surface area (Å²) >= 11 is 0. The molecule has 0 heterocycles. The van der Waals surface area contributed by atoms with Gasteiger partial charge in [-0.1, -0.05) is 65.1 Å². The molecule has 0 heteroatoms. The van der Waals surface area contributed by atoms with Crippen molar-refractivity contribution in [2.24, 2.45) is 0 Å². The van der Waals surface area contributed by atoms with E-state index in [2.05, 4.69) is 39.1 Å². The Bertz CT molecular complexity index is 286. The molecule has 0 spiro atoms. The average molecular weight is 218 g/mol. The summed E-state index contributed by atoms with van der Waals surface area (Å²) < 4.78 is 0. The predicted molar refractivity (Wildman–Crippen MR) is 78.8 cm³/mol. The average Bonchev–Trinajstić information content (AvgIpc) is 2.36. The molecule has 0 aliphatic heterocycles. The van der Waals surface area contributed by atoms with Crippen LogP contribution in [0, 0.1) is 13.8 Å². The predicted octanol–water partition coefficient (Wildman–Crippen LogP) is 5.64. The molecule has 1 aromatic carbocycles. The molecule has 16 heavy (non-hydrogen) atoms. The lowest BCUT2D eigenvalue weighted by molar-refractivity contribution is 1.36. The lowest BCUT2D eigenvalue weighted by Gasteiger charge is -2.07. The van der Waals surface area contributed by atoms with Crippen LogP contribution in [-0.2, 0) is 0 Å². The molecule has 90 valence electrons. The normalized spacial score (nSPS) is 7.88. The van der Waals surface area contributed by atoms with Gasteiger partial charge in [-0.15, -0.1) is 0 Å². The van der Waals surface area contributed by atoms with Gasteiger partial charge < -0.3 is 0 Å². The van der Waals surface area contributed by atoms with Gasteiger partial charge in [0.05, 0.1) is 0 Å². The van der Waals surface area contributed by atoms with E-state index in [1.54, 1.807) is 0 Å². The Morgan fingerprint density at radius 3 is 1.19 bits per heavy atom. The maximum Gasteiger partial charge on any atom is -0.0158 e. The van der Waals surface area contributed by atoms with Gasteiger partial charge in [-0.25, -0.2) is 0 Å². The zero-order chi connectivity index (χ0) is 13.1. The molecule has 0 unspecified atom stereocenters. The van der Waals surface area contributed by atoms with Crippen LogP contribution in [0.1, 0.15) is 49.9 Å². The summed E-state index contributed by atoms with van der Waals surface area (Å²) in [5, 5.41) is 0. The van der Waals surface area contributed by atoms with Crippen LogP contribution in [0.2, 0.25) is 0 Å². The Labute approximate surface area is 102 Å². The standard InChI is InChI=1S/C12H14.2C2H6/c1-5-11-9(3)7-8-10(4)12(11)6-2;2*1-2/h5-8H,1-2H2,3-4H3;2*1-2H3. The van der Waals surface area contributed by atoms with Gasteiger partial charge in [0, 0.05) is 0 Å². The van der Waals surface area contributed by atoms with Gasteiger partial charge >= 0.3 is 0 Å². The third-order valence-electron chi connectivity index (χ3n) is 2.13. The van der Waals surface area contributed by atoms with Crippen molar-refractivity contribution < 1.29 is 0 Å². The van der Waals surface area contributed by atoms with Crippen LogP contribution in [0.5, 0.6) is 0 Å². The second-order valence-electron chi connectivity index (χ2n) is 2.93. The van der Waals surface area contributed by atoms with Crippen molar-refractivity contribution >= 4 is 12.2 Å². The molecule has 0 bridgehead atoms. The summed E-state index contributed by atoms with van der Waals surface area (Å²) in [6.45, 7) is 19.8. The highest BCUT2D eigenvalue weighted by Gasteiger charge is 2.01. The number of rotatable bonds is 2. The van der Waals surface area contributed by atoms with Crippen LogP contribution in [0.3, 0.4) is 0 Å². The molecule has 0 aliphatic rings. The molecule has 0 radical (unpaired) electrons. The largest absolute Gasteiger partial charge is 0.0984 e. The Morgan fingerprint density at radius 2 is 1.00 bits per heavy atom. The van der Waals surface area contributed by atoms with Gasteiger partial charge in [0.1, 0.15) is 0 Å². The zero-order valence-corrected chi connectivity index (χ0v) is 11.7. The Hall–Kier alpha value is -1.30. The van der Waals surface area contributed by atoms with Crippen molar-refractivity contribution in [3.8, 4) is 0 Å². The van der Waals surface area contributed by atoms with E-state index in [0.717, 1.165) is 0 Å². The van der Waals surface area contributed by atoms with Gasteiger partial charge in [0.2, 0.25) is 0 Å². The van der Waals surface area contributed by atoms with Crippen LogP contribution in [0.4, 0.5) is 0 Å². The molecule has 0 aromatic heterocycles. The third-order valence-corrected chi connectivity index (χ3v) is 2.13. The fourth-order valence-electron chi connectivity index (χ4n) is 1.40. The first kappa shape index (κ1) is 17.1. The van der Waals surface area contributed by atoms with E-state index < -0.39 is 0 Å². The first-order valence-corrected chi connectivity index (χ1v) is 6.05. The minimum atomic E-state index is 1.20. The van der Waals surface area contributed by atoms with Crippen LogP contribution in [0.15, 0.2) is 25.3 Å². The molecule has 0 fully saturated rings. The maximum absolute atomic E-state index is 3.79. The van der Waals surface area contributed by atoms with Crippen molar-refractivity contribution in [1.82, 2.24) is 0 Å². The molecule has 0 N–H and O–H groups in total. The summed E-state index contributed by atoms with van der Waals surface area (Å²) in [5.41, 5.74) is 4.91. The Balaban J connectivity index is 0. The minimum Gasteiger partial charge on any atom is -0.0984 e. The maximum atomic E-state index is 3.79. The first-order chi connectivity index (χ1) is 7.70. The van der Waals surface area contributed by atoms with Crippen LogP contribution in [0.25, 0.3) is 12.2 Å². The number of hydrogen-bond acceptors (Lipinski definition) is 0. The highest BCUT2D eigenvalue weighted by atomic mass is 14.1. The quantitative estimate of drug-likeness (QED) is 0.602. The smallest absolute Gasteiger partial charge is 0.0158 e. The minimum absolute atomic E-state index is 1.20. The molecular formula is C16H26. The Morgan fingerprint density at radius 1 is 0.750 bits per heavy atom. The fraction of sp³-hybridized carbons (Fsp3) is 0.375. The molecular weight excluding hydrogens is 192 g/mol. The van der Waals surface area contributed by atoms with Crippen molar-refractivity contribution in [2.75, 3.05) is 0 Å². The van der Waals surface area contributed by atoms with E-state index in [9.17, 15) is 0 Å². The van der Waals surface area contributed by atoms with E-state index in [-0.39, 0.29) is 0 Å². The van der Waals surface area contributed by atoms with Gasteiger partial charge in [0.25, 0.3) is 0 Å². The SMILES string of the molecule is C=Cc1c(C)ccc(C)c1C=C.CC.CC. The van der Waals surface area contributed by atoms with E-state index >= 15 is 0 Å². The first-order valence-electron chi connectivity index (χ1n) is 6.05. The van der Waals surface area contributed by atoms with Gasteiger partial charge in [0.15, 0.2) is 0 Å². The second-order valence-corrected chi connectivity index (χ2v) is 2.93. The van der Waals surface area contributed by atoms with Crippen molar-refractivity contribution in [1.29, 1.82) is 0 Å². The number of benzene rings is 1. The number of aryl methyl sites for hydroxylation is 2. The van der Waals surface area contributed by atoms with Crippen molar-refractivity contribution in [2.45, 2.75) is 41.5 Å². The lowest BCUT2D eigenvalue weighted by Crippen LogP contribution is -1.89. The van der Waals surface area contributed by atoms with Crippen LogP contribution < -0.4 is 0 Å². The van der Waals surface area contributed by atoms with Gasteiger partial charge in [-0.05, 0) is 36.1 Å². The van der Waals surface area contributed by atoms with Crippen LogP contribution >= 0.6 is 0 Å². The van der Waals surface area contributed by atoms with E-state index in [0.29, 0.717) is 0 Å². The molecule has 0 atom stereocenters. The van der Waals surface area contributed by atoms with Gasteiger partial charge in [-0.2, -0.15) is 0 Å². The summed E-state index contributed by atoms with van der Waals surface area (Å²) in [4.78, 5) is 0. The third kappa shape index (κ3) is 4.48. The van der Waals surface area contributed by atoms with Gasteiger partial charge in [-0.3, -0.25) is 0 Å². The molecule has 0 saturated carbocycles.